The van der Waals surface area contributed by atoms with E-state index in [-0.39, 0.29) is 6.42 Å². The summed E-state index contributed by atoms with van der Waals surface area (Å²) in [6, 6.07) is 0. The summed E-state index contributed by atoms with van der Waals surface area (Å²) in [6.07, 6.45) is 22.5. The van der Waals surface area contributed by atoms with E-state index in [1.165, 1.54) is 116 Å². The molecular formula is C26H56N2O2. The van der Waals surface area contributed by atoms with E-state index in [2.05, 4.69) is 38.2 Å². The first-order valence-corrected chi connectivity index (χ1v) is 13.2. The lowest BCUT2D eigenvalue weighted by molar-refractivity contribution is -0.654. The molecule has 0 aromatic rings. The Hall–Kier alpha value is -0.610. The number of quaternary nitrogens is 1. The Kier molecular flexibility index (Phi) is 29.9. The number of carboxylic acid groups (broad SMARTS) is 1. The number of carbonyl (C=O) groups excluding carboxylic acids is 1. The van der Waals surface area contributed by atoms with E-state index in [1.54, 1.807) is 0 Å². The highest BCUT2D eigenvalue weighted by molar-refractivity contribution is 5.63. The fourth-order valence-corrected chi connectivity index (χ4v) is 3.54. The van der Waals surface area contributed by atoms with Crippen LogP contribution in [0, 0.1) is 0 Å². The van der Waals surface area contributed by atoms with Crippen molar-refractivity contribution in [3.05, 3.63) is 0 Å². The van der Waals surface area contributed by atoms with E-state index in [0.717, 1.165) is 12.8 Å². The van der Waals surface area contributed by atoms with Crippen LogP contribution in [0.3, 0.4) is 0 Å². The number of carboxylic acids is 1. The van der Waals surface area contributed by atoms with Crippen molar-refractivity contribution in [3.8, 4) is 0 Å². The number of hydrogen-bond acceptors (Lipinski definition) is 3. The van der Waals surface area contributed by atoms with Crippen LogP contribution in [0.15, 0.2) is 0 Å². The Labute approximate surface area is 189 Å². The van der Waals surface area contributed by atoms with Crippen molar-refractivity contribution in [1.29, 1.82) is 0 Å². The Morgan fingerprint density at radius 3 is 1.43 bits per heavy atom. The van der Waals surface area contributed by atoms with Gasteiger partial charge in [-0.2, -0.15) is 0 Å². The summed E-state index contributed by atoms with van der Waals surface area (Å²) < 4.78 is 0. The predicted octanol–water partition coefficient (Wildman–Crippen LogP) is 4.91. The lowest BCUT2D eigenvalue weighted by Crippen LogP contribution is -2.84. The van der Waals surface area contributed by atoms with Crippen LogP contribution in [0.1, 0.15) is 129 Å². The number of aliphatic carboxylic acids is 1. The number of carbonyl (C=O) groups is 1. The van der Waals surface area contributed by atoms with Crippen LogP contribution in [-0.2, 0) is 4.79 Å². The average molecular weight is 429 g/mol. The number of unbranched alkanes of at least 4 members (excludes halogenated alkanes) is 14. The average Bonchev–Trinajstić information content (AvgIpc) is 2.71. The second-order valence-corrected chi connectivity index (χ2v) is 9.09. The molecule has 182 valence electrons. The van der Waals surface area contributed by atoms with Crippen LogP contribution >= 0.6 is 0 Å². The van der Waals surface area contributed by atoms with E-state index in [9.17, 15) is 9.90 Å². The zero-order chi connectivity index (χ0) is 22.7. The molecule has 0 radical (unpaired) electrons. The minimum absolute atomic E-state index is 0.234. The lowest BCUT2D eigenvalue weighted by atomic mass is 10.0. The van der Waals surface area contributed by atoms with Gasteiger partial charge in [0, 0.05) is 18.9 Å². The third-order valence-corrected chi connectivity index (χ3v) is 5.49. The zero-order valence-corrected chi connectivity index (χ0v) is 21.2. The molecule has 0 saturated carbocycles. The number of nitrogens with two attached hydrogens (primary N) is 1. The van der Waals surface area contributed by atoms with Gasteiger partial charge >= 0.3 is 0 Å². The van der Waals surface area contributed by atoms with Crippen LogP contribution < -0.4 is 10.4 Å². The summed E-state index contributed by atoms with van der Waals surface area (Å²) in [4.78, 5) is 12.5. The first-order valence-electron chi connectivity index (χ1n) is 13.2. The molecule has 0 spiro atoms. The maximum absolute atomic E-state index is 10.2. The normalized spacial score (nSPS) is 10.8. The molecule has 0 heterocycles. The Morgan fingerprint density at radius 1 is 0.633 bits per heavy atom. The fourth-order valence-electron chi connectivity index (χ4n) is 3.54. The van der Waals surface area contributed by atoms with Crippen molar-refractivity contribution in [2.75, 3.05) is 33.7 Å². The van der Waals surface area contributed by atoms with Crippen molar-refractivity contribution in [1.82, 2.24) is 4.90 Å². The first kappa shape index (κ1) is 31.6. The molecule has 2 N–H and O–H groups in total. The summed E-state index contributed by atoms with van der Waals surface area (Å²) in [5.41, 5.74) is 0. The van der Waals surface area contributed by atoms with Crippen LogP contribution in [-0.4, -0.2) is 44.6 Å². The summed E-state index contributed by atoms with van der Waals surface area (Å²) >= 11 is 0. The molecule has 30 heavy (non-hydrogen) atoms. The first-order chi connectivity index (χ1) is 14.5. The summed E-state index contributed by atoms with van der Waals surface area (Å²) in [7, 11) is 4.25. The molecule has 0 unspecified atom stereocenters. The van der Waals surface area contributed by atoms with Gasteiger partial charge in [-0.05, 0) is 33.4 Å². The SMILES string of the molecule is CCCCCCCCCCCCCCCCCC(=O)[O-].CCC[NH2+]CCCN(C)C. The maximum Gasteiger partial charge on any atom is 0.0767 e. The Bertz CT molecular complexity index is 322. The summed E-state index contributed by atoms with van der Waals surface area (Å²) in [6.45, 7) is 8.28. The van der Waals surface area contributed by atoms with E-state index in [4.69, 9.17) is 0 Å². The minimum atomic E-state index is -0.903. The molecule has 4 nitrogen and oxygen atoms in total. The van der Waals surface area contributed by atoms with Crippen molar-refractivity contribution < 1.29 is 15.2 Å². The highest BCUT2D eigenvalue weighted by Crippen LogP contribution is 2.13. The topological polar surface area (TPSA) is 60.0 Å². The molecule has 4 heteroatoms. The van der Waals surface area contributed by atoms with E-state index in [0.29, 0.717) is 0 Å². The van der Waals surface area contributed by atoms with Gasteiger partial charge in [-0.25, -0.2) is 0 Å². The molecule has 0 aromatic heterocycles. The van der Waals surface area contributed by atoms with Gasteiger partial charge in [0.2, 0.25) is 0 Å². The second kappa shape index (κ2) is 28.4. The molecule has 0 fully saturated rings. The van der Waals surface area contributed by atoms with E-state index in [1.807, 2.05) is 0 Å². The van der Waals surface area contributed by atoms with Gasteiger partial charge in [0.1, 0.15) is 0 Å². The van der Waals surface area contributed by atoms with Gasteiger partial charge in [-0.1, -0.05) is 104 Å². The van der Waals surface area contributed by atoms with E-state index >= 15 is 0 Å². The Morgan fingerprint density at radius 2 is 1.07 bits per heavy atom. The third-order valence-electron chi connectivity index (χ3n) is 5.49. The molecule has 0 rings (SSSR count). The highest BCUT2D eigenvalue weighted by Gasteiger charge is 1.94. The predicted molar refractivity (Wildman–Crippen MR) is 130 cm³/mol. The van der Waals surface area contributed by atoms with E-state index < -0.39 is 5.97 Å². The molecule has 0 aliphatic carbocycles. The summed E-state index contributed by atoms with van der Waals surface area (Å²) in [5.74, 6) is -0.903. The van der Waals surface area contributed by atoms with Crippen molar-refractivity contribution >= 4 is 5.97 Å². The van der Waals surface area contributed by atoms with Gasteiger partial charge in [0.25, 0.3) is 0 Å². The number of rotatable bonds is 22. The third kappa shape index (κ3) is 34.9. The Balaban J connectivity index is 0. The molecule has 0 aromatic carbocycles. The molecule has 0 aliphatic rings. The number of hydrogen-bond donors (Lipinski definition) is 1. The van der Waals surface area contributed by atoms with Gasteiger partial charge in [0.15, 0.2) is 0 Å². The maximum atomic E-state index is 10.2. The molecule has 0 amide bonds. The van der Waals surface area contributed by atoms with Crippen molar-refractivity contribution in [2.45, 2.75) is 129 Å². The van der Waals surface area contributed by atoms with Gasteiger partial charge < -0.3 is 20.1 Å². The quantitative estimate of drug-likeness (QED) is 0.249. The molecular weight excluding hydrogens is 372 g/mol. The van der Waals surface area contributed by atoms with Gasteiger partial charge in [-0.3, -0.25) is 0 Å². The molecule has 0 aliphatic heterocycles. The van der Waals surface area contributed by atoms with Crippen molar-refractivity contribution in [3.63, 3.8) is 0 Å². The lowest BCUT2D eigenvalue weighted by Gasteiger charge is -2.07. The smallest absolute Gasteiger partial charge is 0.0767 e. The highest BCUT2D eigenvalue weighted by atomic mass is 16.4. The van der Waals surface area contributed by atoms with Crippen LogP contribution in [0.2, 0.25) is 0 Å². The van der Waals surface area contributed by atoms with Crippen LogP contribution in [0.5, 0.6) is 0 Å². The zero-order valence-electron chi connectivity index (χ0n) is 21.2. The van der Waals surface area contributed by atoms with Gasteiger partial charge in [0.05, 0.1) is 13.1 Å². The number of nitrogens with zero attached hydrogens (tertiary/aromatic N) is 1. The minimum Gasteiger partial charge on any atom is -0.550 e. The fraction of sp³-hybridized carbons (Fsp3) is 0.962. The van der Waals surface area contributed by atoms with Crippen molar-refractivity contribution in [2.24, 2.45) is 0 Å². The molecule has 0 atom stereocenters. The largest absolute Gasteiger partial charge is 0.550 e. The standard InChI is InChI=1S/C18H36O2.C8H20N2/c1-2-3-4-5-6-7-8-9-10-11-12-13-14-15-16-17-18(19)20;1-4-6-9-7-5-8-10(2)3/h2-17H2,1H3,(H,19,20);9H,4-8H2,1-3H3. The molecule has 0 bridgehead atoms. The second-order valence-electron chi connectivity index (χ2n) is 9.09. The van der Waals surface area contributed by atoms with Gasteiger partial charge in [-0.15, -0.1) is 0 Å². The van der Waals surface area contributed by atoms with Crippen LogP contribution in [0.4, 0.5) is 0 Å². The monoisotopic (exact) mass is 428 g/mol. The molecule has 0 saturated heterocycles. The van der Waals surface area contributed by atoms with Crippen LogP contribution in [0.25, 0.3) is 0 Å². The summed E-state index contributed by atoms with van der Waals surface area (Å²) in [5, 5.41) is 12.6.